The van der Waals surface area contributed by atoms with Crippen LogP contribution in [0.25, 0.3) is 11.0 Å². The number of ether oxygens (including phenoxy) is 2. The number of fused-ring (bicyclic) bond motifs is 1. The second-order valence-corrected chi connectivity index (χ2v) is 8.63. The van der Waals surface area contributed by atoms with Crippen molar-refractivity contribution in [1.82, 2.24) is 50.4 Å². The molecular formula is C16H14N10O2S2. The summed E-state index contributed by atoms with van der Waals surface area (Å²) in [5.41, 5.74) is 1.59. The number of para-hydroxylation sites is 2. The zero-order chi connectivity index (χ0) is 19.9. The minimum atomic E-state index is 0.137. The minimum Gasteiger partial charge on any atom is -0.377 e. The van der Waals surface area contributed by atoms with Crippen LogP contribution >= 0.6 is 23.5 Å². The molecule has 14 heteroatoms. The largest absolute Gasteiger partial charge is 0.377 e. The van der Waals surface area contributed by atoms with Gasteiger partial charge in [0.15, 0.2) is 0 Å². The predicted molar refractivity (Wildman–Crippen MR) is 103 cm³/mol. The Morgan fingerprint density at radius 3 is 1.60 bits per heavy atom. The minimum absolute atomic E-state index is 0.137. The normalized spacial score (nSPS) is 17.2. The molecule has 0 amide bonds. The fraction of sp³-hybridized carbons (Fsp3) is 0.375. The first-order valence-corrected chi connectivity index (χ1v) is 10.8. The van der Waals surface area contributed by atoms with Gasteiger partial charge < -0.3 is 9.47 Å². The Labute approximate surface area is 177 Å². The van der Waals surface area contributed by atoms with E-state index < -0.39 is 0 Å². The van der Waals surface area contributed by atoms with Gasteiger partial charge in [-0.2, -0.15) is 0 Å². The highest BCUT2D eigenvalue weighted by molar-refractivity contribution is 8.02. The van der Waals surface area contributed by atoms with E-state index in [2.05, 4.69) is 31.1 Å². The van der Waals surface area contributed by atoms with Crippen LogP contribution in [0.3, 0.4) is 0 Å². The summed E-state index contributed by atoms with van der Waals surface area (Å²) in [5, 5.41) is 26.9. The number of aromatic nitrogens is 10. The quantitative estimate of drug-likeness (QED) is 0.423. The molecule has 30 heavy (non-hydrogen) atoms. The molecule has 0 N–H and O–H groups in total. The summed E-state index contributed by atoms with van der Waals surface area (Å²) in [4.78, 5) is 9.64. The Hall–Kier alpha value is -2.68. The summed E-state index contributed by atoms with van der Waals surface area (Å²) in [6.07, 6.45) is 0. The summed E-state index contributed by atoms with van der Waals surface area (Å²) < 4.78 is 14.1. The third-order valence-corrected chi connectivity index (χ3v) is 6.73. The number of tetrazole rings is 2. The van der Waals surface area contributed by atoms with E-state index in [1.54, 1.807) is 9.36 Å². The van der Waals surface area contributed by atoms with E-state index in [0.717, 1.165) is 11.0 Å². The molecular weight excluding hydrogens is 428 g/mol. The van der Waals surface area contributed by atoms with E-state index in [0.29, 0.717) is 46.8 Å². The maximum absolute atomic E-state index is 5.27. The summed E-state index contributed by atoms with van der Waals surface area (Å²) in [6.45, 7) is 2.40. The van der Waals surface area contributed by atoms with Gasteiger partial charge in [0.25, 0.3) is 0 Å². The lowest BCUT2D eigenvalue weighted by molar-refractivity contribution is -0.0333. The van der Waals surface area contributed by atoms with Crippen molar-refractivity contribution in [2.24, 2.45) is 0 Å². The fourth-order valence-corrected chi connectivity index (χ4v) is 4.83. The molecule has 2 saturated heterocycles. The van der Waals surface area contributed by atoms with Crippen LogP contribution in [0.4, 0.5) is 0 Å². The molecule has 0 bridgehead atoms. The molecule has 2 aliphatic rings. The molecule has 0 radical (unpaired) electrons. The van der Waals surface area contributed by atoms with Crippen LogP contribution in [-0.2, 0) is 9.47 Å². The van der Waals surface area contributed by atoms with Crippen molar-refractivity contribution in [2.75, 3.05) is 26.4 Å². The van der Waals surface area contributed by atoms with Crippen molar-refractivity contribution in [2.45, 2.75) is 32.4 Å². The molecule has 3 aromatic heterocycles. The molecule has 1 aromatic carbocycles. The molecule has 2 fully saturated rings. The average molecular weight is 442 g/mol. The van der Waals surface area contributed by atoms with E-state index >= 15 is 0 Å². The molecule has 152 valence electrons. The van der Waals surface area contributed by atoms with Crippen molar-refractivity contribution in [3.05, 3.63) is 24.3 Å². The van der Waals surface area contributed by atoms with E-state index in [1.165, 1.54) is 23.5 Å². The molecule has 0 spiro atoms. The molecule has 0 saturated carbocycles. The Bertz CT molecular complexity index is 1110. The Morgan fingerprint density at radius 1 is 0.733 bits per heavy atom. The van der Waals surface area contributed by atoms with Gasteiger partial charge in [-0.05, 0) is 56.5 Å². The van der Waals surface area contributed by atoms with Crippen molar-refractivity contribution < 1.29 is 9.47 Å². The third-order valence-electron chi connectivity index (χ3n) is 4.74. The van der Waals surface area contributed by atoms with Gasteiger partial charge in [0.1, 0.15) is 22.1 Å². The van der Waals surface area contributed by atoms with Gasteiger partial charge in [0.2, 0.25) is 10.3 Å². The van der Waals surface area contributed by atoms with E-state index in [4.69, 9.17) is 19.4 Å². The summed E-state index contributed by atoms with van der Waals surface area (Å²) >= 11 is 2.74. The smallest absolute Gasteiger partial charge is 0.216 e. The molecule has 0 aliphatic carbocycles. The van der Waals surface area contributed by atoms with Crippen LogP contribution in [0.2, 0.25) is 0 Å². The SMILES string of the molecule is c1ccc2nc(Sc3nnnn3C3COC3)c(Sc3nnnn3C3COC3)nc2c1. The lowest BCUT2D eigenvalue weighted by atomic mass is 10.3. The van der Waals surface area contributed by atoms with Gasteiger partial charge in [0.05, 0.1) is 37.5 Å². The Kier molecular flexibility index (Phi) is 4.55. The standard InChI is InChI=1S/C16H14N10O2S2/c1-2-4-12-11(3-1)17-13(29-15-19-21-23-25(15)9-5-27-6-9)14(18-12)30-16-20-22-24-26(16)10-7-28-8-10/h1-4,9-10H,5-8H2. The van der Waals surface area contributed by atoms with Crippen molar-refractivity contribution >= 4 is 34.6 Å². The van der Waals surface area contributed by atoms with Crippen molar-refractivity contribution in [3.8, 4) is 0 Å². The molecule has 2 aliphatic heterocycles. The number of hydrogen-bond acceptors (Lipinski definition) is 12. The van der Waals surface area contributed by atoms with Crippen molar-refractivity contribution in [1.29, 1.82) is 0 Å². The second-order valence-electron chi connectivity index (χ2n) is 6.72. The highest BCUT2D eigenvalue weighted by Gasteiger charge is 2.28. The summed E-state index contributed by atoms with van der Waals surface area (Å²) in [6, 6.07) is 8.01. The Morgan fingerprint density at radius 2 is 1.20 bits per heavy atom. The monoisotopic (exact) mass is 442 g/mol. The number of rotatable bonds is 6. The zero-order valence-corrected chi connectivity index (χ0v) is 17.0. The van der Waals surface area contributed by atoms with E-state index in [-0.39, 0.29) is 12.1 Å². The molecule has 0 atom stereocenters. The fourth-order valence-electron chi connectivity index (χ4n) is 2.97. The third kappa shape index (κ3) is 3.21. The highest BCUT2D eigenvalue weighted by atomic mass is 32.2. The first kappa shape index (κ1) is 18.1. The maximum atomic E-state index is 5.27. The van der Waals surface area contributed by atoms with Gasteiger partial charge >= 0.3 is 0 Å². The highest BCUT2D eigenvalue weighted by Crippen LogP contribution is 2.37. The van der Waals surface area contributed by atoms with Crippen molar-refractivity contribution in [3.63, 3.8) is 0 Å². The van der Waals surface area contributed by atoms with Gasteiger partial charge in [-0.1, -0.05) is 12.1 Å². The average Bonchev–Trinajstić information content (AvgIpc) is 3.30. The number of benzene rings is 1. The van der Waals surface area contributed by atoms with Gasteiger partial charge in [-0.25, -0.2) is 19.3 Å². The van der Waals surface area contributed by atoms with Crippen LogP contribution in [-0.4, -0.2) is 76.8 Å². The summed E-state index contributed by atoms with van der Waals surface area (Å²) in [5.74, 6) is 0. The second kappa shape index (κ2) is 7.54. The molecule has 4 aromatic rings. The zero-order valence-electron chi connectivity index (χ0n) is 15.4. The van der Waals surface area contributed by atoms with Crippen LogP contribution in [0, 0.1) is 0 Å². The first-order valence-electron chi connectivity index (χ1n) is 9.19. The lowest BCUT2D eigenvalue weighted by Crippen LogP contribution is -2.32. The van der Waals surface area contributed by atoms with Gasteiger partial charge in [0, 0.05) is 0 Å². The number of hydrogen-bond donors (Lipinski definition) is 0. The molecule has 6 rings (SSSR count). The molecule has 5 heterocycles. The van der Waals surface area contributed by atoms with E-state index in [9.17, 15) is 0 Å². The van der Waals surface area contributed by atoms with Gasteiger partial charge in [-0.3, -0.25) is 0 Å². The van der Waals surface area contributed by atoms with Crippen LogP contribution < -0.4 is 0 Å². The van der Waals surface area contributed by atoms with E-state index in [1.807, 2.05) is 24.3 Å². The Balaban J connectivity index is 1.38. The lowest BCUT2D eigenvalue weighted by Gasteiger charge is -2.26. The van der Waals surface area contributed by atoms with Crippen LogP contribution in [0.1, 0.15) is 12.1 Å². The topological polar surface area (TPSA) is 131 Å². The maximum Gasteiger partial charge on any atom is 0.216 e. The van der Waals surface area contributed by atoms with Gasteiger partial charge in [-0.15, -0.1) is 10.2 Å². The molecule has 12 nitrogen and oxygen atoms in total. The first-order chi connectivity index (χ1) is 14.8. The molecule has 0 unspecified atom stereocenters. The van der Waals surface area contributed by atoms with Crippen LogP contribution in [0.5, 0.6) is 0 Å². The number of nitrogens with zero attached hydrogens (tertiary/aromatic N) is 10. The van der Waals surface area contributed by atoms with Crippen LogP contribution in [0.15, 0.2) is 44.6 Å². The summed E-state index contributed by atoms with van der Waals surface area (Å²) in [7, 11) is 0. The predicted octanol–water partition coefficient (Wildman–Crippen LogP) is 1.05.